The summed E-state index contributed by atoms with van der Waals surface area (Å²) in [4.78, 5) is 28.8. The number of carboxylic acid groups (broad SMARTS) is 1. The van der Waals surface area contributed by atoms with Gasteiger partial charge in [-0.2, -0.15) is 0 Å². The first kappa shape index (κ1) is 43.6. The number of aliphatic hydroxyl groups is 1. The van der Waals surface area contributed by atoms with Crippen LogP contribution < -0.4 is 27.4 Å². The number of carbonyl (C=O) groups is 2. The Morgan fingerprint density at radius 3 is 2.06 bits per heavy atom. The molecule has 1 heterocycles. The van der Waals surface area contributed by atoms with Gasteiger partial charge in [0.2, 0.25) is 12.1 Å². The highest BCUT2D eigenvalue weighted by Crippen LogP contribution is 2.18. The molecule has 50 heavy (non-hydrogen) atoms. The minimum atomic E-state index is -1.57. The quantitative estimate of drug-likeness (QED) is 0.0849. The molecular formula is C38H64ClN7O4. The van der Waals surface area contributed by atoms with Crippen LogP contribution >= 0.6 is 12.4 Å². The molecule has 0 aliphatic carbocycles. The van der Waals surface area contributed by atoms with E-state index >= 15 is 0 Å². The summed E-state index contributed by atoms with van der Waals surface area (Å²) >= 11 is 0. The topological polar surface area (TPSA) is 169 Å². The second-order valence-corrected chi connectivity index (χ2v) is 14.0. The van der Waals surface area contributed by atoms with Gasteiger partial charge in [0.05, 0.1) is 6.04 Å². The maximum atomic E-state index is 13.9. The Morgan fingerprint density at radius 1 is 0.880 bits per heavy atom. The molecule has 2 aromatic carbocycles. The molecule has 3 rings (SSSR count). The number of aliphatic hydroxyl groups excluding tert-OH is 1. The number of nitrogens with one attached hydrogen (secondary N) is 3. The molecule has 282 valence electrons. The zero-order valence-corrected chi connectivity index (χ0v) is 31.2. The van der Waals surface area contributed by atoms with Crippen LogP contribution in [0.5, 0.6) is 0 Å². The number of amides is 1. The number of carbonyl (C=O) groups excluding carboxylic acids is 1. The number of benzene rings is 2. The lowest BCUT2D eigenvalue weighted by Gasteiger charge is -2.43. The van der Waals surface area contributed by atoms with E-state index < -0.39 is 12.2 Å². The van der Waals surface area contributed by atoms with Gasteiger partial charge in [-0.15, -0.1) is 12.4 Å². The van der Waals surface area contributed by atoms with Crippen molar-refractivity contribution in [2.75, 3.05) is 45.8 Å². The van der Waals surface area contributed by atoms with Crippen molar-refractivity contribution in [2.24, 2.45) is 17.4 Å². The normalized spacial score (nSPS) is 18.2. The molecule has 1 fully saturated rings. The molecule has 2 aromatic rings. The second-order valence-electron chi connectivity index (χ2n) is 14.0. The number of unbranched alkanes of at least 4 members (excludes halogenated alkanes) is 1. The molecule has 0 saturated carbocycles. The summed E-state index contributed by atoms with van der Waals surface area (Å²) in [7, 11) is 0. The SMILES string of the molecule is CCC1CN(C(=O)[C@@H](CCCCN)NC[C@@H](CC(C)C)NC[C@@H](Cc2ccccc2)NC[C@H](N)Cc2ccccc2)CCN1C(O)C(=O)O.Cl. The molecule has 2 unspecified atom stereocenters. The number of rotatable bonds is 23. The number of halogens is 1. The van der Waals surface area contributed by atoms with Crippen molar-refractivity contribution >= 4 is 24.3 Å². The summed E-state index contributed by atoms with van der Waals surface area (Å²) in [6.45, 7) is 10.1. The number of aliphatic carboxylic acids is 1. The number of piperazine rings is 1. The molecule has 1 aliphatic rings. The van der Waals surface area contributed by atoms with E-state index in [2.05, 4.69) is 66.2 Å². The maximum absolute atomic E-state index is 13.9. The smallest absolute Gasteiger partial charge is 0.348 e. The van der Waals surface area contributed by atoms with E-state index in [-0.39, 0.29) is 48.5 Å². The van der Waals surface area contributed by atoms with Gasteiger partial charge in [0.25, 0.3) is 0 Å². The summed E-state index contributed by atoms with van der Waals surface area (Å²) in [5.41, 5.74) is 14.9. The van der Waals surface area contributed by atoms with E-state index in [1.54, 1.807) is 4.90 Å². The van der Waals surface area contributed by atoms with Crippen molar-refractivity contribution < 1.29 is 19.8 Å². The number of carboxylic acids is 1. The number of hydrogen-bond donors (Lipinski definition) is 7. The van der Waals surface area contributed by atoms with Crippen LogP contribution in [0.2, 0.25) is 0 Å². The van der Waals surface area contributed by atoms with Crippen molar-refractivity contribution in [1.82, 2.24) is 25.8 Å². The standard InChI is InChI=1S/C38H63N7O4.ClH/c1-4-34-27-44(19-20-45(34)37(47)38(48)49)36(46)35(17-11-12-18-39)43-26-32(21-28(2)3)42-25-33(23-30-15-9-6-10-16-30)41-24-31(40)22-29-13-7-5-8-14-29;/h5-10,13-16,28,31-35,37,41-43,47H,4,11-12,17-27,39-40H2,1-3H3,(H,48,49);1H/t31-,32-,33-,34?,35-,37?;/m1./s1. The average molecular weight is 718 g/mol. The fourth-order valence-corrected chi connectivity index (χ4v) is 6.75. The Balaban J connectivity index is 0.00000867. The van der Waals surface area contributed by atoms with Gasteiger partial charge in [0.15, 0.2) is 0 Å². The summed E-state index contributed by atoms with van der Waals surface area (Å²) in [6.07, 6.45) is 4.06. The first-order valence-corrected chi connectivity index (χ1v) is 18.3. The summed E-state index contributed by atoms with van der Waals surface area (Å²) in [6, 6.07) is 20.6. The van der Waals surface area contributed by atoms with Crippen molar-refractivity contribution in [3.63, 3.8) is 0 Å². The third-order valence-corrected chi connectivity index (χ3v) is 9.45. The van der Waals surface area contributed by atoms with Crippen LogP contribution in [0.1, 0.15) is 64.0 Å². The number of nitrogens with zero attached hydrogens (tertiary/aromatic N) is 2. The molecule has 12 heteroatoms. The highest BCUT2D eigenvalue weighted by atomic mass is 35.5. The average Bonchev–Trinajstić information content (AvgIpc) is 3.10. The molecule has 0 spiro atoms. The molecule has 1 aliphatic heterocycles. The van der Waals surface area contributed by atoms with Gasteiger partial charge in [-0.05, 0) is 62.1 Å². The largest absolute Gasteiger partial charge is 0.478 e. The van der Waals surface area contributed by atoms with Crippen LogP contribution in [0.15, 0.2) is 60.7 Å². The fourth-order valence-electron chi connectivity index (χ4n) is 6.75. The zero-order chi connectivity index (χ0) is 35.6. The molecule has 0 bridgehead atoms. The predicted octanol–water partition coefficient (Wildman–Crippen LogP) is 2.60. The Kier molecular flexibility index (Phi) is 20.7. The van der Waals surface area contributed by atoms with E-state index in [9.17, 15) is 19.8 Å². The Labute approximate surface area is 306 Å². The third-order valence-electron chi connectivity index (χ3n) is 9.45. The van der Waals surface area contributed by atoms with Crippen molar-refractivity contribution in [2.45, 2.75) is 102 Å². The highest BCUT2D eigenvalue weighted by Gasteiger charge is 2.36. The summed E-state index contributed by atoms with van der Waals surface area (Å²) in [5.74, 6) is -0.775. The first-order chi connectivity index (χ1) is 23.6. The maximum Gasteiger partial charge on any atom is 0.348 e. The van der Waals surface area contributed by atoms with E-state index in [1.165, 1.54) is 11.1 Å². The van der Waals surface area contributed by atoms with Gasteiger partial charge >= 0.3 is 5.97 Å². The minimum Gasteiger partial charge on any atom is -0.478 e. The minimum absolute atomic E-state index is 0. The Hall–Kier alpha value is -2.61. The number of hydrogen-bond acceptors (Lipinski definition) is 9. The molecule has 1 saturated heterocycles. The molecule has 1 amide bonds. The molecule has 9 N–H and O–H groups in total. The van der Waals surface area contributed by atoms with Crippen LogP contribution in [-0.2, 0) is 22.4 Å². The summed E-state index contributed by atoms with van der Waals surface area (Å²) < 4.78 is 0. The van der Waals surface area contributed by atoms with Crippen molar-refractivity contribution in [3.05, 3.63) is 71.8 Å². The zero-order valence-electron chi connectivity index (χ0n) is 30.4. The highest BCUT2D eigenvalue weighted by molar-refractivity contribution is 5.85. The van der Waals surface area contributed by atoms with Crippen LogP contribution in [-0.4, -0.2) is 114 Å². The van der Waals surface area contributed by atoms with E-state index in [0.717, 1.165) is 38.6 Å². The molecular weight excluding hydrogens is 654 g/mol. The van der Waals surface area contributed by atoms with E-state index in [1.807, 2.05) is 36.1 Å². The monoisotopic (exact) mass is 717 g/mol. The fraction of sp³-hybridized carbons (Fsp3) is 0.632. The lowest BCUT2D eigenvalue weighted by Crippen LogP contribution is -2.61. The third kappa shape index (κ3) is 15.3. The van der Waals surface area contributed by atoms with Crippen molar-refractivity contribution in [1.29, 1.82) is 0 Å². The molecule has 0 radical (unpaired) electrons. The van der Waals surface area contributed by atoms with Gasteiger partial charge in [0.1, 0.15) is 0 Å². The molecule has 0 aromatic heterocycles. The van der Waals surface area contributed by atoms with Gasteiger partial charge in [-0.25, -0.2) is 4.79 Å². The summed E-state index contributed by atoms with van der Waals surface area (Å²) in [5, 5.41) is 30.8. The van der Waals surface area contributed by atoms with Crippen LogP contribution in [0.25, 0.3) is 0 Å². The van der Waals surface area contributed by atoms with Crippen LogP contribution in [0, 0.1) is 5.92 Å². The Morgan fingerprint density at radius 2 is 1.48 bits per heavy atom. The van der Waals surface area contributed by atoms with Gasteiger partial charge in [-0.3, -0.25) is 9.69 Å². The number of nitrogens with two attached hydrogens (primary N) is 2. The van der Waals surface area contributed by atoms with Gasteiger partial charge < -0.3 is 42.5 Å². The van der Waals surface area contributed by atoms with Gasteiger partial charge in [0, 0.05) is 63.4 Å². The lowest BCUT2D eigenvalue weighted by molar-refractivity contribution is -0.164. The molecule has 6 atom stereocenters. The van der Waals surface area contributed by atoms with E-state index in [4.69, 9.17) is 11.5 Å². The van der Waals surface area contributed by atoms with Crippen molar-refractivity contribution in [3.8, 4) is 0 Å². The Bertz CT molecular complexity index is 1210. The lowest BCUT2D eigenvalue weighted by atomic mass is 10.0. The predicted molar refractivity (Wildman–Crippen MR) is 204 cm³/mol. The molecule has 11 nitrogen and oxygen atoms in total. The van der Waals surface area contributed by atoms with Gasteiger partial charge in [-0.1, -0.05) is 87.9 Å². The van der Waals surface area contributed by atoms with E-state index in [0.29, 0.717) is 58.0 Å². The second kappa shape index (κ2) is 23.8. The van der Waals surface area contributed by atoms with Crippen LogP contribution in [0.3, 0.4) is 0 Å². The first-order valence-electron chi connectivity index (χ1n) is 18.3. The van der Waals surface area contributed by atoms with Crippen LogP contribution in [0.4, 0.5) is 0 Å².